The molecule has 148 valence electrons. The topological polar surface area (TPSA) is 106 Å². The molecule has 3 rings (SSSR count). The van der Waals surface area contributed by atoms with Gasteiger partial charge in [0.05, 0.1) is 18.8 Å². The first-order valence-corrected chi connectivity index (χ1v) is 8.89. The molecule has 0 bridgehead atoms. The lowest BCUT2D eigenvalue weighted by atomic mass is 10.1. The lowest BCUT2D eigenvalue weighted by molar-refractivity contribution is 0.0505. The van der Waals surface area contributed by atoms with Crippen LogP contribution in [-0.4, -0.2) is 53.9 Å². The van der Waals surface area contributed by atoms with Gasteiger partial charge in [0.15, 0.2) is 23.0 Å². The van der Waals surface area contributed by atoms with Crippen LogP contribution in [0, 0.1) is 0 Å². The standard InChI is InChI=1S/C19H20N2O7/c1-3-25-18(23)13-10-14(19(24)26-4-2)21(20-13)11-15(22)12-6-5-7-16-17(12)28-9-8-27-16/h5-7,10H,3-4,8-9,11H2,1-2H3. The molecule has 0 saturated carbocycles. The fraction of sp³-hybridized carbons (Fsp3) is 0.368. The number of ether oxygens (including phenoxy) is 4. The summed E-state index contributed by atoms with van der Waals surface area (Å²) in [6.07, 6.45) is 0. The Morgan fingerprint density at radius 3 is 2.54 bits per heavy atom. The first-order valence-electron chi connectivity index (χ1n) is 8.89. The van der Waals surface area contributed by atoms with Crippen LogP contribution in [0.1, 0.15) is 45.2 Å². The number of ketones is 1. The number of carbonyl (C=O) groups excluding carboxylic acids is 3. The van der Waals surface area contributed by atoms with E-state index in [0.717, 1.165) is 4.68 Å². The summed E-state index contributed by atoms with van der Waals surface area (Å²) in [6.45, 7) is 4.07. The molecule has 0 spiro atoms. The summed E-state index contributed by atoms with van der Waals surface area (Å²) in [7, 11) is 0. The maximum atomic E-state index is 12.9. The molecule has 1 aliphatic heterocycles. The molecule has 2 aromatic rings. The van der Waals surface area contributed by atoms with Crippen molar-refractivity contribution in [3.63, 3.8) is 0 Å². The van der Waals surface area contributed by atoms with E-state index in [2.05, 4.69) is 5.10 Å². The monoisotopic (exact) mass is 388 g/mol. The van der Waals surface area contributed by atoms with Gasteiger partial charge in [-0.1, -0.05) is 6.07 Å². The van der Waals surface area contributed by atoms with E-state index in [1.807, 2.05) is 0 Å². The molecule has 0 radical (unpaired) electrons. The van der Waals surface area contributed by atoms with E-state index in [1.54, 1.807) is 32.0 Å². The fourth-order valence-corrected chi connectivity index (χ4v) is 2.73. The number of esters is 2. The molecule has 0 N–H and O–H groups in total. The molecule has 9 heteroatoms. The van der Waals surface area contributed by atoms with Gasteiger partial charge in [0.2, 0.25) is 0 Å². The summed E-state index contributed by atoms with van der Waals surface area (Å²) in [5, 5.41) is 4.06. The first-order chi connectivity index (χ1) is 13.5. The van der Waals surface area contributed by atoms with Crippen molar-refractivity contribution < 1.29 is 33.3 Å². The number of benzene rings is 1. The zero-order valence-corrected chi connectivity index (χ0v) is 15.6. The molecular formula is C19H20N2O7. The summed E-state index contributed by atoms with van der Waals surface area (Å²) >= 11 is 0. The number of hydrogen-bond donors (Lipinski definition) is 0. The van der Waals surface area contributed by atoms with E-state index in [4.69, 9.17) is 18.9 Å². The second-order valence-electron chi connectivity index (χ2n) is 5.77. The summed E-state index contributed by atoms with van der Waals surface area (Å²) in [6, 6.07) is 6.25. The van der Waals surface area contributed by atoms with Crippen molar-refractivity contribution in [3.8, 4) is 11.5 Å². The second-order valence-corrected chi connectivity index (χ2v) is 5.77. The van der Waals surface area contributed by atoms with E-state index in [0.29, 0.717) is 30.3 Å². The van der Waals surface area contributed by atoms with Crippen LogP contribution in [0.2, 0.25) is 0 Å². The number of nitrogens with zero attached hydrogens (tertiary/aromatic N) is 2. The van der Waals surface area contributed by atoms with Crippen LogP contribution in [0.15, 0.2) is 24.3 Å². The maximum Gasteiger partial charge on any atom is 0.358 e. The predicted octanol–water partition coefficient (Wildman–Crippen LogP) is 1.89. The average molecular weight is 388 g/mol. The summed E-state index contributed by atoms with van der Waals surface area (Å²) in [4.78, 5) is 37.0. The number of para-hydroxylation sites is 1. The molecule has 1 aromatic heterocycles. The molecule has 1 aliphatic rings. The van der Waals surface area contributed by atoms with Gasteiger partial charge in [-0.15, -0.1) is 0 Å². The number of rotatable bonds is 7. The van der Waals surface area contributed by atoms with Crippen molar-refractivity contribution in [2.45, 2.75) is 20.4 Å². The van der Waals surface area contributed by atoms with Gasteiger partial charge in [0.25, 0.3) is 0 Å². The van der Waals surface area contributed by atoms with Crippen LogP contribution < -0.4 is 9.47 Å². The minimum Gasteiger partial charge on any atom is -0.486 e. The zero-order valence-electron chi connectivity index (χ0n) is 15.6. The number of Topliss-reactive ketones (excluding diaryl/α,β-unsaturated/α-hetero) is 1. The summed E-state index contributed by atoms with van der Waals surface area (Å²) in [5.41, 5.74) is 0.216. The summed E-state index contributed by atoms with van der Waals surface area (Å²) in [5.74, 6) is -0.892. The third-order valence-electron chi connectivity index (χ3n) is 3.91. The highest BCUT2D eigenvalue weighted by Gasteiger charge is 2.25. The molecule has 0 amide bonds. The molecule has 0 saturated heterocycles. The minimum atomic E-state index is -0.687. The molecule has 9 nitrogen and oxygen atoms in total. The Hall–Kier alpha value is -3.36. The number of fused-ring (bicyclic) bond motifs is 1. The SMILES string of the molecule is CCOC(=O)c1cc(C(=O)OCC)n(CC(=O)c2cccc3c2OCCO3)n1. The van der Waals surface area contributed by atoms with Crippen LogP contribution in [0.5, 0.6) is 11.5 Å². The van der Waals surface area contributed by atoms with Crippen molar-refractivity contribution in [3.05, 3.63) is 41.2 Å². The Bertz CT molecular complexity index is 904. The van der Waals surface area contributed by atoms with Gasteiger partial charge in [-0.2, -0.15) is 5.10 Å². The Labute approximate surface area is 161 Å². The van der Waals surface area contributed by atoms with Crippen LogP contribution in [0.4, 0.5) is 0 Å². The van der Waals surface area contributed by atoms with Crippen molar-refractivity contribution in [2.24, 2.45) is 0 Å². The number of carbonyl (C=O) groups is 3. The van der Waals surface area contributed by atoms with Crippen molar-refractivity contribution >= 4 is 17.7 Å². The smallest absolute Gasteiger partial charge is 0.358 e. The minimum absolute atomic E-state index is 0.0137. The molecule has 1 aromatic carbocycles. The van der Waals surface area contributed by atoms with Crippen LogP contribution in [-0.2, 0) is 16.0 Å². The number of hydrogen-bond acceptors (Lipinski definition) is 8. The van der Waals surface area contributed by atoms with Gasteiger partial charge in [-0.25, -0.2) is 14.3 Å². The van der Waals surface area contributed by atoms with Gasteiger partial charge in [-0.05, 0) is 26.0 Å². The molecule has 0 atom stereocenters. The van der Waals surface area contributed by atoms with Gasteiger partial charge in [-0.3, -0.25) is 4.79 Å². The number of aromatic nitrogens is 2. The fourth-order valence-electron chi connectivity index (χ4n) is 2.73. The highest BCUT2D eigenvalue weighted by atomic mass is 16.6. The van der Waals surface area contributed by atoms with E-state index in [1.165, 1.54) is 6.07 Å². The lowest BCUT2D eigenvalue weighted by Crippen LogP contribution is -2.21. The third-order valence-corrected chi connectivity index (χ3v) is 3.91. The summed E-state index contributed by atoms with van der Waals surface area (Å²) < 4.78 is 22.1. The van der Waals surface area contributed by atoms with Crippen molar-refractivity contribution in [2.75, 3.05) is 26.4 Å². The predicted molar refractivity (Wildman–Crippen MR) is 95.9 cm³/mol. The van der Waals surface area contributed by atoms with Gasteiger partial charge in [0.1, 0.15) is 25.5 Å². The largest absolute Gasteiger partial charge is 0.486 e. The van der Waals surface area contributed by atoms with E-state index in [-0.39, 0.29) is 36.9 Å². The maximum absolute atomic E-state index is 12.9. The van der Waals surface area contributed by atoms with E-state index >= 15 is 0 Å². The average Bonchev–Trinajstić information content (AvgIpc) is 3.12. The quantitative estimate of drug-likeness (QED) is 0.523. The van der Waals surface area contributed by atoms with Gasteiger partial charge < -0.3 is 18.9 Å². The Balaban J connectivity index is 1.91. The van der Waals surface area contributed by atoms with Crippen LogP contribution in [0.3, 0.4) is 0 Å². The van der Waals surface area contributed by atoms with E-state index < -0.39 is 11.9 Å². The van der Waals surface area contributed by atoms with Gasteiger partial charge >= 0.3 is 11.9 Å². The molecule has 0 unspecified atom stereocenters. The van der Waals surface area contributed by atoms with E-state index in [9.17, 15) is 14.4 Å². The molecule has 2 heterocycles. The normalized spacial score (nSPS) is 12.4. The highest BCUT2D eigenvalue weighted by Crippen LogP contribution is 2.34. The van der Waals surface area contributed by atoms with Crippen LogP contribution >= 0.6 is 0 Å². The van der Waals surface area contributed by atoms with Crippen molar-refractivity contribution in [1.82, 2.24) is 9.78 Å². The molecule has 0 fully saturated rings. The molecule has 0 aliphatic carbocycles. The molecule has 28 heavy (non-hydrogen) atoms. The van der Waals surface area contributed by atoms with Gasteiger partial charge in [0, 0.05) is 6.07 Å². The second kappa shape index (κ2) is 8.55. The lowest BCUT2D eigenvalue weighted by Gasteiger charge is -2.20. The molecular weight excluding hydrogens is 368 g/mol. The Morgan fingerprint density at radius 1 is 1.07 bits per heavy atom. The third kappa shape index (κ3) is 3.98. The zero-order chi connectivity index (χ0) is 20.1. The Kier molecular flexibility index (Phi) is 5.93. The van der Waals surface area contributed by atoms with Crippen molar-refractivity contribution in [1.29, 1.82) is 0 Å². The first kappa shape index (κ1) is 19.4. The highest BCUT2D eigenvalue weighted by molar-refractivity contribution is 6.00. The van der Waals surface area contributed by atoms with Crippen LogP contribution in [0.25, 0.3) is 0 Å². The Morgan fingerprint density at radius 2 is 1.79 bits per heavy atom.